The summed E-state index contributed by atoms with van der Waals surface area (Å²) in [5.41, 5.74) is 1.12. The predicted octanol–water partition coefficient (Wildman–Crippen LogP) is 2.95. The molecule has 62 valence electrons. The van der Waals surface area contributed by atoms with Gasteiger partial charge in [0.1, 0.15) is 0 Å². The minimum atomic E-state index is 0.0335. The van der Waals surface area contributed by atoms with E-state index < -0.39 is 0 Å². The van der Waals surface area contributed by atoms with E-state index in [0.717, 1.165) is 5.56 Å². The molecule has 1 aromatic rings. The maximum Gasteiger partial charge on any atom is 0.0735 e. The van der Waals surface area contributed by atoms with Gasteiger partial charge in [-0.15, -0.1) is 0 Å². The largest absolute Gasteiger partial charge is 0.198 e. The Balaban J connectivity index is 2.90. The molecule has 0 aliphatic rings. The molecule has 0 aliphatic heterocycles. The van der Waals surface area contributed by atoms with E-state index in [-0.39, 0.29) is 5.92 Å². The smallest absolute Gasteiger partial charge is 0.0735 e. The molecule has 0 saturated heterocycles. The molecule has 0 unspecified atom stereocenters. The molecule has 0 aromatic heterocycles. The molecule has 0 fully saturated rings. The summed E-state index contributed by atoms with van der Waals surface area (Å²) in [7, 11) is 0. The highest BCUT2D eigenvalue weighted by Gasteiger charge is 2.13. The third kappa shape index (κ3) is 1.85. The molecule has 1 nitrogen and oxygen atoms in total. The maximum atomic E-state index is 8.90. The topological polar surface area (TPSA) is 23.8 Å². The van der Waals surface area contributed by atoms with Crippen LogP contribution < -0.4 is 0 Å². The van der Waals surface area contributed by atoms with Gasteiger partial charge in [0.15, 0.2) is 0 Å². The fourth-order valence-electron chi connectivity index (χ4n) is 1.27. The van der Waals surface area contributed by atoms with E-state index in [1.165, 1.54) is 0 Å². The van der Waals surface area contributed by atoms with Gasteiger partial charge < -0.3 is 0 Å². The van der Waals surface area contributed by atoms with Crippen molar-refractivity contribution in [3.05, 3.63) is 35.9 Å². The Bertz CT molecular complexity index is 269. The highest BCUT2D eigenvalue weighted by molar-refractivity contribution is 5.25. The van der Waals surface area contributed by atoms with Crippen LogP contribution in [0.3, 0.4) is 0 Å². The van der Waals surface area contributed by atoms with Gasteiger partial charge in [0.25, 0.3) is 0 Å². The number of nitriles is 1. The molecule has 0 bridgehead atoms. The summed E-state index contributed by atoms with van der Waals surface area (Å²) in [6, 6.07) is 12.3. The minimum absolute atomic E-state index is 0.0335. The van der Waals surface area contributed by atoms with Gasteiger partial charge in [0.2, 0.25) is 0 Å². The van der Waals surface area contributed by atoms with E-state index in [2.05, 4.69) is 19.9 Å². The first-order valence-corrected chi connectivity index (χ1v) is 4.20. The van der Waals surface area contributed by atoms with Crippen LogP contribution in [0.4, 0.5) is 0 Å². The van der Waals surface area contributed by atoms with Crippen molar-refractivity contribution in [1.29, 1.82) is 5.26 Å². The Morgan fingerprint density at radius 3 is 2.17 bits per heavy atom. The molecule has 0 heterocycles. The summed E-state index contributed by atoms with van der Waals surface area (Å²) >= 11 is 0. The normalized spacial score (nSPS) is 12.5. The molecule has 1 heteroatoms. The lowest BCUT2D eigenvalue weighted by Gasteiger charge is -2.12. The zero-order chi connectivity index (χ0) is 8.97. The van der Waals surface area contributed by atoms with Crippen molar-refractivity contribution in [2.24, 2.45) is 5.92 Å². The predicted molar refractivity (Wildman–Crippen MR) is 49.6 cm³/mol. The van der Waals surface area contributed by atoms with Crippen LogP contribution in [0.1, 0.15) is 25.3 Å². The van der Waals surface area contributed by atoms with Crippen molar-refractivity contribution in [2.45, 2.75) is 19.8 Å². The monoisotopic (exact) mass is 159 g/mol. The van der Waals surface area contributed by atoms with Gasteiger partial charge in [-0.2, -0.15) is 5.26 Å². The van der Waals surface area contributed by atoms with Crippen LogP contribution in [-0.4, -0.2) is 0 Å². The highest BCUT2D eigenvalue weighted by atomic mass is 14.3. The van der Waals surface area contributed by atoms with Crippen LogP contribution in [0.2, 0.25) is 0 Å². The first-order chi connectivity index (χ1) is 5.75. The average Bonchev–Trinajstić information content (AvgIpc) is 2.07. The quantitative estimate of drug-likeness (QED) is 0.650. The minimum Gasteiger partial charge on any atom is -0.198 e. The second kappa shape index (κ2) is 3.92. The molecule has 1 atom stereocenters. The number of benzene rings is 1. The molecule has 0 N–H and O–H groups in total. The third-order valence-electron chi connectivity index (χ3n) is 1.96. The van der Waals surface area contributed by atoms with Crippen LogP contribution in [0, 0.1) is 17.2 Å². The second-order valence-electron chi connectivity index (χ2n) is 3.26. The Morgan fingerprint density at radius 2 is 1.75 bits per heavy atom. The first-order valence-electron chi connectivity index (χ1n) is 4.20. The van der Waals surface area contributed by atoms with Gasteiger partial charge >= 0.3 is 0 Å². The molecule has 0 saturated carbocycles. The third-order valence-corrected chi connectivity index (χ3v) is 1.96. The molecule has 0 radical (unpaired) electrons. The molecule has 0 spiro atoms. The van der Waals surface area contributed by atoms with Crippen LogP contribution in [0.25, 0.3) is 0 Å². The first kappa shape index (κ1) is 8.80. The molecule has 1 rings (SSSR count). The summed E-state index contributed by atoms with van der Waals surface area (Å²) in [6.45, 7) is 4.14. The van der Waals surface area contributed by atoms with Crippen molar-refractivity contribution in [2.75, 3.05) is 0 Å². The van der Waals surface area contributed by atoms with Gasteiger partial charge in [-0.25, -0.2) is 0 Å². The lowest BCUT2D eigenvalue weighted by Crippen LogP contribution is -2.03. The van der Waals surface area contributed by atoms with Gasteiger partial charge in [-0.05, 0) is 11.5 Å². The number of hydrogen-bond acceptors (Lipinski definition) is 1. The summed E-state index contributed by atoms with van der Waals surface area (Å²) in [4.78, 5) is 0. The fraction of sp³-hybridized carbons (Fsp3) is 0.364. The lowest BCUT2D eigenvalue weighted by atomic mass is 9.90. The summed E-state index contributed by atoms with van der Waals surface area (Å²) in [6.07, 6.45) is 0. The zero-order valence-corrected chi connectivity index (χ0v) is 7.49. The van der Waals surface area contributed by atoms with Crippen molar-refractivity contribution in [1.82, 2.24) is 0 Å². The van der Waals surface area contributed by atoms with E-state index in [0.29, 0.717) is 5.92 Å². The van der Waals surface area contributed by atoms with E-state index in [1.807, 2.05) is 30.3 Å². The molecular weight excluding hydrogens is 146 g/mol. The van der Waals surface area contributed by atoms with Gasteiger partial charge in [0.05, 0.1) is 12.0 Å². The fourth-order valence-corrected chi connectivity index (χ4v) is 1.27. The van der Waals surface area contributed by atoms with E-state index >= 15 is 0 Å². The number of rotatable bonds is 2. The summed E-state index contributed by atoms with van der Waals surface area (Å²) < 4.78 is 0. The van der Waals surface area contributed by atoms with Crippen LogP contribution in [0.5, 0.6) is 0 Å². The number of nitrogens with zero attached hydrogens (tertiary/aromatic N) is 1. The van der Waals surface area contributed by atoms with E-state index in [9.17, 15) is 0 Å². The molecule has 0 amide bonds. The Labute approximate surface area is 73.6 Å². The maximum absolute atomic E-state index is 8.90. The summed E-state index contributed by atoms with van der Waals surface area (Å²) in [5.74, 6) is 0.420. The van der Waals surface area contributed by atoms with Crippen molar-refractivity contribution in [3.63, 3.8) is 0 Å². The average molecular weight is 159 g/mol. The molecular formula is C11H13N. The van der Waals surface area contributed by atoms with Crippen LogP contribution >= 0.6 is 0 Å². The van der Waals surface area contributed by atoms with Crippen molar-refractivity contribution >= 4 is 0 Å². The van der Waals surface area contributed by atoms with Crippen LogP contribution in [0.15, 0.2) is 30.3 Å². The lowest BCUT2D eigenvalue weighted by molar-refractivity contribution is 0.587. The van der Waals surface area contributed by atoms with Crippen molar-refractivity contribution < 1.29 is 0 Å². The molecule has 1 aromatic carbocycles. The Hall–Kier alpha value is -1.29. The Morgan fingerprint density at radius 1 is 1.17 bits per heavy atom. The highest BCUT2D eigenvalue weighted by Crippen LogP contribution is 2.22. The van der Waals surface area contributed by atoms with Crippen LogP contribution in [-0.2, 0) is 0 Å². The SMILES string of the molecule is CC(C)[C@H](C#N)c1ccccc1. The number of hydrogen-bond donors (Lipinski definition) is 0. The Kier molecular flexibility index (Phi) is 2.88. The molecule has 0 aliphatic carbocycles. The van der Waals surface area contributed by atoms with Gasteiger partial charge in [-0.3, -0.25) is 0 Å². The molecule has 12 heavy (non-hydrogen) atoms. The van der Waals surface area contributed by atoms with Gasteiger partial charge in [0, 0.05) is 0 Å². The van der Waals surface area contributed by atoms with E-state index in [1.54, 1.807) is 0 Å². The van der Waals surface area contributed by atoms with E-state index in [4.69, 9.17) is 5.26 Å². The van der Waals surface area contributed by atoms with Gasteiger partial charge in [-0.1, -0.05) is 44.2 Å². The second-order valence-corrected chi connectivity index (χ2v) is 3.26. The standard InChI is InChI=1S/C11H13N/c1-9(2)11(8-12)10-6-4-3-5-7-10/h3-7,9,11H,1-2H3/t11-/m0/s1. The van der Waals surface area contributed by atoms with Crippen molar-refractivity contribution in [3.8, 4) is 6.07 Å². The zero-order valence-electron chi connectivity index (χ0n) is 7.49. The summed E-state index contributed by atoms with van der Waals surface area (Å²) in [5, 5.41) is 8.90.